The summed E-state index contributed by atoms with van der Waals surface area (Å²) in [5.74, 6) is 0.0250. The molecule has 0 bridgehead atoms. The summed E-state index contributed by atoms with van der Waals surface area (Å²) in [5, 5.41) is 0. The van der Waals surface area contributed by atoms with Gasteiger partial charge in [0.25, 0.3) is 0 Å². The van der Waals surface area contributed by atoms with Gasteiger partial charge in [0.15, 0.2) is 0 Å². The molecule has 0 saturated heterocycles. The fourth-order valence-electron chi connectivity index (χ4n) is 6.31. The number of rotatable bonds is 13. The number of halogens is 2. The van der Waals surface area contributed by atoms with Crippen LogP contribution in [0.25, 0.3) is 0 Å². The highest BCUT2D eigenvalue weighted by Gasteiger charge is 2.33. The first-order chi connectivity index (χ1) is 18.3. The molecule has 6 heteroatoms. The monoisotopic (exact) mass is 532 g/mol. The highest BCUT2D eigenvalue weighted by Crippen LogP contribution is 2.42. The van der Waals surface area contributed by atoms with Gasteiger partial charge in [-0.2, -0.15) is 0 Å². The zero-order valence-electron chi connectivity index (χ0n) is 23.4. The number of hydrogen-bond acceptors (Lipinski definition) is 4. The van der Waals surface area contributed by atoms with Crippen LogP contribution in [-0.2, 0) is 20.7 Å². The van der Waals surface area contributed by atoms with Gasteiger partial charge in [-0.1, -0.05) is 52.0 Å². The fourth-order valence-corrected chi connectivity index (χ4v) is 6.31. The molecule has 2 saturated carbocycles. The molecule has 0 atom stereocenters. The fraction of sp³-hybridized carbons (Fsp3) is 0.688. The van der Waals surface area contributed by atoms with Gasteiger partial charge in [0.1, 0.15) is 17.4 Å². The van der Waals surface area contributed by atoms with E-state index in [0.29, 0.717) is 30.9 Å². The van der Waals surface area contributed by atoms with E-state index in [1.165, 1.54) is 38.5 Å². The third-order valence-corrected chi connectivity index (χ3v) is 8.60. The lowest BCUT2D eigenvalue weighted by atomic mass is 9.69. The van der Waals surface area contributed by atoms with Crippen LogP contribution in [0.5, 0.6) is 5.75 Å². The van der Waals surface area contributed by atoms with Gasteiger partial charge in [0, 0.05) is 23.3 Å². The SMILES string of the molecule is C=C(C)C(=O)OCCCCCCc1c(F)cc(OC(=O)C2CCC(C3CCC(CCC)CC3)CC2)cc1F. The molecule has 2 aliphatic carbocycles. The van der Waals surface area contributed by atoms with Crippen molar-refractivity contribution >= 4 is 11.9 Å². The molecule has 0 amide bonds. The van der Waals surface area contributed by atoms with Crippen LogP contribution in [0.2, 0.25) is 0 Å². The van der Waals surface area contributed by atoms with Crippen molar-refractivity contribution in [1.82, 2.24) is 0 Å². The van der Waals surface area contributed by atoms with E-state index in [-0.39, 0.29) is 29.6 Å². The average Bonchev–Trinajstić information content (AvgIpc) is 2.90. The second-order valence-corrected chi connectivity index (χ2v) is 11.5. The first-order valence-electron chi connectivity index (χ1n) is 14.8. The Morgan fingerprint density at radius 3 is 2.05 bits per heavy atom. The number of carbonyl (C=O) groups excluding carboxylic acids is 2. The number of unbranched alkanes of at least 4 members (excludes halogenated alkanes) is 3. The van der Waals surface area contributed by atoms with Gasteiger partial charge in [-0.05, 0) is 82.5 Å². The van der Waals surface area contributed by atoms with Gasteiger partial charge in [-0.3, -0.25) is 4.79 Å². The van der Waals surface area contributed by atoms with Crippen molar-refractivity contribution in [3.8, 4) is 5.75 Å². The normalized spacial score (nSPS) is 23.6. The molecular formula is C32H46F2O4. The van der Waals surface area contributed by atoms with Crippen LogP contribution in [0.1, 0.15) is 109 Å². The van der Waals surface area contributed by atoms with Gasteiger partial charge in [0.2, 0.25) is 0 Å². The summed E-state index contributed by atoms with van der Waals surface area (Å²) in [6, 6.07) is 2.27. The molecule has 1 aromatic rings. The minimum Gasteiger partial charge on any atom is -0.462 e. The maximum absolute atomic E-state index is 14.6. The molecule has 0 N–H and O–H groups in total. The van der Waals surface area contributed by atoms with E-state index in [1.54, 1.807) is 6.92 Å². The largest absolute Gasteiger partial charge is 0.462 e. The second-order valence-electron chi connectivity index (χ2n) is 11.5. The number of ether oxygens (including phenoxy) is 2. The Balaban J connectivity index is 1.37. The lowest BCUT2D eigenvalue weighted by Gasteiger charge is -2.37. The van der Waals surface area contributed by atoms with Gasteiger partial charge >= 0.3 is 11.9 Å². The molecule has 4 nitrogen and oxygen atoms in total. The van der Waals surface area contributed by atoms with E-state index >= 15 is 0 Å². The van der Waals surface area contributed by atoms with E-state index < -0.39 is 17.6 Å². The van der Waals surface area contributed by atoms with Crippen molar-refractivity contribution in [2.75, 3.05) is 6.61 Å². The lowest BCUT2D eigenvalue weighted by Crippen LogP contribution is -2.30. The standard InChI is InChI=1S/C32H46F2O4/c1-4-9-23-11-13-24(14-12-23)25-15-17-26(18-16-25)32(36)38-27-20-29(33)28(30(34)21-27)10-7-5-6-8-19-37-31(35)22(2)3/h20-21,23-26H,2,4-19H2,1,3H3. The van der Waals surface area contributed by atoms with Crippen molar-refractivity contribution in [2.45, 2.75) is 110 Å². The van der Waals surface area contributed by atoms with Crippen LogP contribution in [-0.4, -0.2) is 18.5 Å². The van der Waals surface area contributed by atoms with Crippen molar-refractivity contribution in [1.29, 1.82) is 0 Å². The third kappa shape index (κ3) is 9.20. The second kappa shape index (κ2) is 15.4. The Hall–Kier alpha value is -2.24. The Morgan fingerprint density at radius 2 is 1.47 bits per heavy atom. The molecule has 3 rings (SSSR count). The molecule has 38 heavy (non-hydrogen) atoms. The topological polar surface area (TPSA) is 52.6 Å². The summed E-state index contributed by atoms with van der Waals surface area (Å²) in [4.78, 5) is 24.1. The summed E-state index contributed by atoms with van der Waals surface area (Å²) >= 11 is 0. The van der Waals surface area contributed by atoms with Gasteiger partial charge in [0.05, 0.1) is 12.5 Å². The zero-order chi connectivity index (χ0) is 27.5. The first kappa shape index (κ1) is 30.3. The van der Waals surface area contributed by atoms with E-state index in [0.717, 1.165) is 62.5 Å². The number of carbonyl (C=O) groups is 2. The van der Waals surface area contributed by atoms with Crippen molar-refractivity contribution < 1.29 is 27.8 Å². The quantitative estimate of drug-likeness (QED) is 0.111. The summed E-state index contributed by atoms with van der Waals surface area (Å²) in [6.07, 6.45) is 14.8. The molecule has 0 aromatic heterocycles. The minimum atomic E-state index is -0.675. The van der Waals surface area contributed by atoms with Gasteiger partial charge < -0.3 is 9.47 Å². The van der Waals surface area contributed by atoms with Crippen LogP contribution in [0.15, 0.2) is 24.3 Å². The van der Waals surface area contributed by atoms with Crippen molar-refractivity contribution in [3.63, 3.8) is 0 Å². The molecule has 0 unspecified atom stereocenters. The summed E-state index contributed by atoms with van der Waals surface area (Å²) in [6.45, 7) is 7.71. The molecule has 212 valence electrons. The molecule has 2 aliphatic rings. The predicted molar refractivity (Wildman–Crippen MR) is 146 cm³/mol. The van der Waals surface area contributed by atoms with Gasteiger partial charge in [-0.15, -0.1) is 0 Å². The Morgan fingerprint density at radius 1 is 0.895 bits per heavy atom. The Labute approximate surface area is 227 Å². The highest BCUT2D eigenvalue weighted by atomic mass is 19.1. The van der Waals surface area contributed by atoms with E-state index in [2.05, 4.69) is 13.5 Å². The Kier molecular flexibility index (Phi) is 12.3. The van der Waals surface area contributed by atoms with Crippen LogP contribution in [0.3, 0.4) is 0 Å². The maximum Gasteiger partial charge on any atom is 0.333 e. The van der Waals surface area contributed by atoms with E-state index in [1.807, 2.05) is 0 Å². The van der Waals surface area contributed by atoms with Crippen LogP contribution >= 0.6 is 0 Å². The van der Waals surface area contributed by atoms with Crippen LogP contribution in [0.4, 0.5) is 8.78 Å². The van der Waals surface area contributed by atoms with Crippen LogP contribution in [0, 0.1) is 35.3 Å². The van der Waals surface area contributed by atoms with Crippen molar-refractivity contribution in [2.24, 2.45) is 23.7 Å². The summed E-state index contributed by atoms with van der Waals surface area (Å²) in [5.41, 5.74) is 0.389. The number of hydrogen-bond donors (Lipinski definition) is 0. The number of benzene rings is 1. The zero-order valence-corrected chi connectivity index (χ0v) is 23.4. The lowest BCUT2D eigenvalue weighted by molar-refractivity contribution is -0.141. The number of esters is 2. The molecule has 0 spiro atoms. The molecule has 1 aromatic carbocycles. The van der Waals surface area contributed by atoms with Crippen LogP contribution < -0.4 is 4.74 Å². The maximum atomic E-state index is 14.6. The minimum absolute atomic E-state index is 0.0210. The molecule has 0 heterocycles. The first-order valence-corrected chi connectivity index (χ1v) is 14.8. The molecule has 0 radical (unpaired) electrons. The third-order valence-electron chi connectivity index (χ3n) is 8.60. The summed E-state index contributed by atoms with van der Waals surface area (Å²) in [7, 11) is 0. The van der Waals surface area contributed by atoms with Crippen molar-refractivity contribution in [3.05, 3.63) is 41.5 Å². The molecule has 0 aliphatic heterocycles. The average molecular weight is 533 g/mol. The molecular weight excluding hydrogens is 486 g/mol. The highest BCUT2D eigenvalue weighted by molar-refractivity contribution is 5.86. The predicted octanol–water partition coefficient (Wildman–Crippen LogP) is 8.51. The van der Waals surface area contributed by atoms with Gasteiger partial charge in [-0.25, -0.2) is 13.6 Å². The summed E-state index contributed by atoms with van der Waals surface area (Å²) < 4.78 is 39.7. The van der Waals surface area contributed by atoms with E-state index in [9.17, 15) is 18.4 Å². The van der Waals surface area contributed by atoms with E-state index in [4.69, 9.17) is 9.47 Å². The molecule has 2 fully saturated rings. The smallest absolute Gasteiger partial charge is 0.333 e. The Bertz CT molecular complexity index is 904.